The molecule has 1 fully saturated rings. The summed E-state index contributed by atoms with van der Waals surface area (Å²) in [7, 11) is 0. The van der Waals surface area contributed by atoms with Crippen molar-refractivity contribution in [3.8, 4) is 0 Å². The van der Waals surface area contributed by atoms with E-state index in [9.17, 15) is 4.79 Å². The van der Waals surface area contributed by atoms with Crippen LogP contribution in [0.2, 0.25) is 0 Å². The first-order valence-electron chi connectivity index (χ1n) is 10.2. The van der Waals surface area contributed by atoms with Gasteiger partial charge in [0.25, 0.3) is 0 Å². The largest absolute Gasteiger partial charge is 0.376 e. The molecule has 4 rings (SSSR count). The van der Waals surface area contributed by atoms with Gasteiger partial charge in [0, 0.05) is 28.6 Å². The first-order valence-corrected chi connectivity index (χ1v) is 13.2. The van der Waals surface area contributed by atoms with Crippen LogP contribution in [0.25, 0.3) is 10.2 Å². The Morgan fingerprint density at radius 3 is 2.77 bits per heavy atom. The van der Waals surface area contributed by atoms with Crippen LogP contribution in [0.3, 0.4) is 0 Å². The van der Waals surface area contributed by atoms with Crippen molar-refractivity contribution in [1.29, 1.82) is 0 Å². The lowest BCUT2D eigenvalue weighted by Gasteiger charge is -2.23. The number of hydrogen-bond donors (Lipinski definition) is 0. The van der Waals surface area contributed by atoms with E-state index in [2.05, 4.69) is 49.6 Å². The van der Waals surface area contributed by atoms with E-state index in [-0.39, 0.29) is 12.0 Å². The van der Waals surface area contributed by atoms with Crippen molar-refractivity contribution < 1.29 is 9.53 Å². The number of ether oxygens (including phenoxy) is 1. The van der Waals surface area contributed by atoms with Crippen LogP contribution in [-0.4, -0.2) is 42.2 Å². The lowest BCUT2D eigenvalue weighted by Crippen LogP contribution is -2.37. The second-order valence-corrected chi connectivity index (χ2v) is 10.4. The third-order valence-electron chi connectivity index (χ3n) is 5.13. The number of amides is 1. The number of carbonyl (C=O) groups excluding carboxylic acids is 1. The number of aromatic nitrogens is 1. The number of aryl methyl sites for hydroxylation is 1. The molecule has 3 aromatic rings. The number of carbonyl (C=O) groups is 1. The van der Waals surface area contributed by atoms with Crippen LogP contribution in [-0.2, 0) is 9.53 Å². The molecule has 1 atom stereocenters. The van der Waals surface area contributed by atoms with Gasteiger partial charge in [-0.25, -0.2) is 4.98 Å². The number of fused-ring (bicyclic) bond motifs is 1. The average Bonchev–Trinajstić information content (AvgIpc) is 3.42. The maximum Gasteiger partial charge on any atom is 0.229 e. The van der Waals surface area contributed by atoms with E-state index in [0.717, 1.165) is 40.5 Å². The molecule has 1 amide bonds. The van der Waals surface area contributed by atoms with Crippen LogP contribution in [0, 0.1) is 6.92 Å². The predicted octanol–water partition coefficient (Wildman–Crippen LogP) is 6.02. The topological polar surface area (TPSA) is 42.4 Å². The van der Waals surface area contributed by atoms with E-state index < -0.39 is 0 Å². The van der Waals surface area contributed by atoms with Crippen LogP contribution < -0.4 is 4.90 Å². The highest BCUT2D eigenvalue weighted by Crippen LogP contribution is 2.33. The monoisotopic (exact) mass is 458 g/mol. The Morgan fingerprint density at radius 1 is 1.23 bits per heavy atom. The second-order valence-electron chi connectivity index (χ2n) is 7.38. The van der Waals surface area contributed by atoms with Crippen molar-refractivity contribution in [1.82, 2.24) is 4.98 Å². The minimum Gasteiger partial charge on any atom is -0.376 e. The Bertz CT molecular complexity index is 997. The summed E-state index contributed by atoms with van der Waals surface area (Å²) in [5.74, 6) is 0.875. The minimum atomic E-state index is 0.104. The fraction of sp³-hybridized carbons (Fsp3) is 0.391. The summed E-state index contributed by atoms with van der Waals surface area (Å²) in [5, 5.41) is 0.782. The van der Waals surface area contributed by atoms with Gasteiger partial charge >= 0.3 is 0 Å². The molecule has 0 aliphatic carbocycles. The third-order valence-corrected chi connectivity index (χ3v) is 7.91. The molecule has 1 aliphatic rings. The zero-order chi connectivity index (χ0) is 20.9. The standard InChI is InChI=1S/C23H26N2O2S3/c1-16-5-7-18(8-6-16)29-13-11-22(26)25(15-17-4-3-12-27-17)23-24-20-10-9-19(28-2)14-21(20)30-23/h5-10,14,17H,3-4,11-13,15H2,1-2H3. The minimum absolute atomic E-state index is 0.104. The highest BCUT2D eigenvalue weighted by Gasteiger charge is 2.26. The van der Waals surface area contributed by atoms with E-state index in [0.29, 0.717) is 13.0 Å². The molecule has 7 heteroatoms. The number of anilines is 1. The highest BCUT2D eigenvalue weighted by atomic mass is 32.2. The second kappa shape index (κ2) is 10.2. The molecule has 0 bridgehead atoms. The fourth-order valence-corrected chi connectivity index (χ4v) is 5.83. The van der Waals surface area contributed by atoms with Crippen LogP contribution in [0.1, 0.15) is 24.8 Å². The van der Waals surface area contributed by atoms with Crippen molar-refractivity contribution in [3.63, 3.8) is 0 Å². The molecule has 0 N–H and O–H groups in total. The van der Waals surface area contributed by atoms with Gasteiger partial charge in [0.2, 0.25) is 5.91 Å². The van der Waals surface area contributed by atoms with E-state index in [1.165, 1.54) is 15.4 Å². The van der Waals surface area contributed by atoms with Crippen LogP contribution in [0.5, 0.6) is 0 Å². The summed E-state index contributed by atoms with van der Waals surface area (Å²) in [6.45, 7) is 3.46. The number of hydrogen-bond acceptors (Lipinski definition) is 6. The Labute approximate surface area is 190 Å². The Morgan fingerprint density at radius 2 is 2.03 bits per heavy atom. The first kappa shape index (κ1) is 21.7. The van der Waals surface area contributed by atoms with Gasteiger partial charge in [-0.3, -0.25) is 9.69 Å². The number of thiazole rings is 1. The van der Waals surface area contributed by atoms with Gasteiger partial charge in [0.15, 0.2) is 5.13 Å². The fourth-order valence-electron chi connectivity index (χ4n) is 3.44. The van der Waals surface area contributed by atoms with E-state index >= 15 is 0 Å². The summed E-state index contributed by atoms with van der Waals surface area (Å²) < 4.78 is 6.95. The molecule has 1 aliphatic heterocycles. The molecule has 4 nitrogen and oxygen atoms in total. The number of benzene rings is 2. The zero-order valence-corrected chi connectivity index (χ0v) is 19.7. The van der Waals surface area contributed by atoms with Gasteiger partial charge in [0.1, 0.15) is 0 Å². The van der Waals surface area contributed by atoms with Crippen LogP contribution in [0.15, 0.2) is 52.3 Å². The van der Waals surface area contributed by atoms with Crippen LogP contribution >= 0.6 is 34.9 Å². The maximum absolute atomic E-state index is 13.2. The third kappa shape index (κ3) is 5.38. The maximum atomic E-state index is 13.2. The van der Waals surface area contributed by atoms with Gasteiger partial charge in [-0.15, -0.1) is 23.5 Å². The summed E-state index contributed by atoms with van der Waals surface area (Å²) in [6.07, 6.45) is 4.72. The molecule has 158 valence electrons. The molecule has 1 aromatic heterocycles. The summed E-state index contributed by atoms with van der Waals surface area (Å²) in [6, 6.07) is 14.7. The van der Waals surface area contributed by atoms with Crippen LogP contribution in [0.4, 0.5) is 5.13 Å². The number of rotatable bonds is 8. The normalized spacial score (nSPS) is 16.3. The Kier molecular flexibility index (Phi) is 7.36. The molecule has 2 heterocycles. The number of nitrogens with zero attached hydrogens (tertiary/aromatic N) is 2. The molecular formula is C23H26N2O2S3. The summed E-state index contributed by atoms with van der Waals surface area (Å²) >= 11 is 5.04. The zero-order valence-electron chi connectivity index (χ0n) is 17.3. The van der Waals surface area contributed by atoms with Gasteiger partial charge in [0.05, 0.1) is 22.9 Å². The molecule has 1 unspecified atom stereocenters. The summed E-state index contributed by atoms with van der Waals surface area (Å²) in [5.41, 5.74) is 2.20. The average molecular weight is 459 g/mol. The first-order chi connectivity index (χ1) is 14.6. The van der Waals surface area contributed by atoms with Crippen molar-refractivity contribution in [3.05, 3.63) is 48.0 Å². The van der Waals surface area contributed by atoms with E-state index in [4.69, 9.17) is 9.72 Å². The van der Waals surface area contributed by atoms with Crippen molar-refractivity contribution >= 4 is 56.1 Å². The Balaban J connectivity index is 1.48. The van der Waals surface area contributed by atoms with Gasteiger partial charge in [-0.1, -0.05) is 29.0 Å². The molecule has 30 heavy (non-hydrogen) atoms. The predicted molar refractivity (Wildman–Crippen MR) is 129 cm³/mol. The SMILES string of the molecule is CSc1ccc2nc(N(CC3CCCO3)C(=O)CCSc3ccc(C)cc3)sc2c1. The van der Waals surface area contributed by atoms with Crippen molar-refractivity contribution in [2.24, 2.45) is 0 Å². The van der Waals surface area contributed by atoms with Gasteiger partial charge in [-0.2, -0.15) is 0 Å². The van der Waals surface area contributed by atoms with Gasteiger partial charge in [-0.05, 0) is 56.4 Å². The highest BCUT2D eigenvalue weighted by molar-refractivity contribution is 7.99. The summed E-state index contributed by atoms with van der Waals surface area (Å²) in [4.78, 5) is 22.2. The van der Waals surface area contributed by atoms with Gasteiger partial charge < -0.3 is 4.74 Å². The lowest BCUT2D eigenvalue weighted by atomic mass is 10.2. The lowest BCUT2D eigenvalue weighted by molar-refractivity contribution is -0.118. The van der Waals surface area contributed by atoms with Crippen molar-refractivity contribution in [2.75, 3.05) is 30.1 Å². The molecule has 0 saturated carbocycles. The molecule has 0 radical (unpaired) electrons. The Hall–Kier alpha value is -1.54. The van der Waals surface area contributed by atoms with E-state index in [1.807, 2.05) is 11.0 Å². The van der Waals surface area contributed by atoms with E-state index in [1.54, 1.807) is 34.9 Å². The quantitative estimate of drug-likeness (QED) is 0.386. The number of thioether (sulfide) groups is 2. The molecular weight excluding hydrogens is 432 g/mol. The molecule has 0 spiro atoms. The molecule has 2 aromatic carbocycles. The molecule has 1 saturated heterocycles. The smallest absolute Gasteiger partial charge is 0.229 e. The van der Waals surface area contributed by atoms with Crippen molar-refractivity contribution in [2.45, 2.75) is 42.1 Å².